The minimum Gasteiger partial charge on any atom is -0.310 e. The molecule has 0 radical (unpaired) electrons. The first-order valence-electron chi connectivity index (χ1n) is 31.5. The zero-order valence-corrected chi connectivity index (χ0v) is 51.8. The molecule has 0 spiro atoms. The standard InChI is InChI=1S/C81H81BN2/c1-13-79(14-2)68-49-58(82(77-54(9)45-52(7)46-55(77)10)78-56(11)47-53(8)48-57(78)12)39-42-65(68)71-74(79)72-66-43-40-63(83(59-31-23-19-24-32-59)60-33-25-20-26-34-60)50-69(66)81(17-5,18-6)76(72)73-67-44-41-64(51-70(67)80(15-3,16-4)75(71)73)84(61-35-27-21-28-36-61)62-37-29-22-30-38-62/h19-51H,13-18H2,1-12H3. The molecular formula is C81H81BN2. The fourth-order valence-electron chi connectivity index (χ4n) is 17.3. The number of fused-ring (bicyclic) bond motifs is 12. The van der Waals surface area contributed by atoms with Crippen LogP contribution in [0.25, 0.3) is 33.4 Å². The number of anilines is 6. The topological polar surface area (TPSA) is 6.48 Å². The summed E-state index contributed by atoms with van der Waals surface area (Å²) in [6.45, 7) is 29.0. The molecule has 0 atom stereocenters. The van der Waals surface area contributed by atoms with Crippen LogP contribution in [0.2, 0.25) is 0 Å². The SMILES string of the molecule is CCC1(CC)c2cc(B(c3c(C)cc(C)cc3C)c3c(C)cc(C)cc3C)ccc2-c2c1c1c(c3c2C(CC)(CC)c2cc(N(c4ccccc4)c4ccccc4)ccc2-3)C(CC)(CC)c2cc(N(c3ccccc3)c3ccccc3)ccc2-1. The maximum atomic E-state index is 2.74. The van der Waals surface area contributed by atoms with Crippen molar-refractivity contribution in [3.05, 3.63) is 267 Å². The van der Waals surface area contributed by atoms with Gasteiger partial charge in [0.1, 0.15) is 0 Å². The van der Waals surface area contributed by atoms with E-state index in [1.165, 1.54) is 111 Å². The van der Waals surface area contributed by atoms with Crippen molar-refractivity contribution >= 4 is 57.2 Å². The quantitative estimate of drug-likeness (QED) is 0.0944. The lowest BCUT2D eigenvalue weighted by Gasteiger charge is -2.37. The zero-order valence-electron chi connectivity index (χ0n) is 51.8. The molecule has 0 N–H and O–H groups in total. The Morgan fingerprint density at radius 1 is 0.298 bits per heavy atom. The Balaban J connectivity index is 1.15. The van der Waals surface area contributed by atoms with E-state index in [4.69, 9.17) is 0 Å². The van der Waals surface area contributed by atoms with Crippen LogP contribution in [-0.2, 0) is 16.2 Å². The highest BCUT2D eigenvalue weighted by Gasteiger charge is 2.57. The summed E-state index contributed by atoms with van der Waals surface area (Å²) in [5.41, 5.74) is 36.5. The van der Waals surface area contributed by atoms with E-state index in [0.717, 1.165) is 61.3 Å². The third-order valence-corrected chi connectivity index (χ3v) is 20.9. The molecule has 10 aromatic carbocycles. The predicted molar refractivity (Wildman–Crippen MR) is 362 cm³/mol. The van der Waals surface area contributed by atoms with Crippen molar-refractivity contribution in [2.75, 3.05) is 9.80 Å². The second-order valence-corrected chi connectivity index (χ2v) is 25.0. The fraction of sp³-hybridized carbons (Fsp3) is 0.259. The maximum absolute atomic E-state index is 2.74. The van der Waals surface area contributed by atoms with Gasteiger partial charge in [0.05, 0.1) is 0 Å². The Morgan fingerprint density at radius 2 is 0.571 bits per heavy atom. The molecule has 13 rings (SSSR count). The molecule has 84 heavy (non-hydrogen) atoms. The van der Waals surface area contributed by atoms with Crippen LogP contribution in [0, 0.1) is 41.5 Å². The van der Waals surface area contributed by atoms with Crippen molar-refractivity contribution in [1.82, 2.24) is 0 Å². The summed E-state index contributed by atoms with van der Waals surface area (Å²) in [6.07, 6.45) is 5.93. The number of para-hydroxylation sites is 4. The van der Waals surface area contributed by atoms with E-state index in [2.05, 4.69) is 293 Å². The Morgan fingerprint density at radius 3 is 0.857 bits per heavy atom. The van der Waals surface area contributed by atoms with Crippen LogP contribution in [0.1, 0.15) is 147 Å². The monoisotopic (exact) mass is 1090 g/mol. The van der Waals surface area contributed by atoms with E-state index in [0.29, 0.717) is 0 Å². The van der Waals surface area contributed by atoms with E-state index >= 15 is 0 Å². The highest BCUT2D eigenvalue weighted by molar-refractivity contribution is 6.96. The van der Waals surface area contributed by atoms with Crippen LogP contribution in [0.3, 0.4) is 0 Å². The van der Waals surface area contributed by atoms with E-state index < -0.39 is 0 Å². The third-order valence-electron chi connectivity index (χ3n) is 20.9. The second kappa shape index (κ2) is 21.2. The molecule has 3 aliphatic rings. The predicted octanol–water partition coefficient (Wildman–Crippen LogP) is 20.3. The van der Waals surface area contributed by atoms with Gasteiger partial charge in [-0.05, 0) is 220 Å². The second-order valence-electron chi connectivity index (χ2n) is 25.0. The number of benzene rings is 10. The van der Waals surface area contributed by atoms with Crippen LogP contribution in [-0.4, -0.2) is 6.71 Å². The zero-order chi connectivity index (χ0) is 58.4. The van der Waals surface area contributed by atoms with Crippen LogP contribution < -0.4 is 26.2 Å². The molecule has 0 bridgehead atoms. The number of hydrogen-bond acceptors (Lipinski definition) is 2. The van der Waals surface area contributed by atoms with Crippen LogP contribution >= 0.6 is 0 Å². The Hall–Kier alpha value is -8.14. The van der Waals surface area contributed by atoms with Gasteiger partial charge in [0.2, 0.25) is 6.71 Å². The first-order valence-corrected chi connectivity index (χ1v) is 31.5. The molecule has 0 heterocycles. The number of aryl methyl sites for hydroxylation is 6. The van der Waals surface area contributed by atoms with Crippen molar-refractivity contribution < 1.29 is 0 Å². The Labute approximate surface area is 502 Å². The first-order chi connectivity index (χ1) is 40.8. The van der Waals surface area contributed by atoms with Gasteiger partial charge in [-0.2, -0.15) is 0 Å². The van der Waals surface area contributed by atoms with Gasteiger partial charge in [-0.3, -0.25) is 0 Å². The molecule has 2 nitrogen and oxygen atoms in total. The molecule has 0 saturated heterocycles. The largest absolute Gasteiger partial charge is 0.310 e. The summed E-state index contributed by atoms with van der Waals surface area (Å²) in [4.78, 5) is 4.95. The molecule has 3 aliphatic carbocycles. The molecular weight excluding hydrogens is 1010 g/mol. The summed E-state index contributed by atoms with van der Waals surface area (Å²) >= 11 is 0. The summed E-state index contributed by atoms with van der Waals surface area (Å²) in [5, 5.41) is 0. The molecule has 3 heteroatoms. The number of rotatable bonds is 15. The number of hydrogen-bond donors (Lipinski definition) is 0. The Kier molecular flexibility index (Phi) is 13.9. The molecule has 0 aliphatic heterocycles. The summed E-state index contributed by atoms with van der Waals surface area (Å²) in [7, 11) is 0. The van der Waals surface area contributed by atoms with Crippen molar-refractivity contribution in [3.63, 3.8) is 0 Å². The molecule has 0 amide bonds. The van der Waals surface area contributed by atoms with Gasteiger partial charge < -0.3 is 9.80 Å². The van der Waals surface area contributed by atoms with Crippen molar-refractivity contribution in [2.24, 2.45) is 0 Å². The van der Waals surface area contributed by atoms with Crippen LogP contribution in [0.15, 0.2) is 200 Å². The van der Waals surface area contributed by atoms with Crippen molar-refractivity contribution in [2.45, 2.75) is 138 Å². The van der Waals surface area contributed by atoms with Gasteiger partial charge in [0, 0.05) is 50.4 Å². The lowest BCUT2D eigenvalue weighted by atomic mass is 9.34. The minimum atomic E-state index is -0.272. The third kappa shape index (κ3) is 8.04. The average molecular weight is 1090 g/mol. The number of nitrogens with zero attached hydrogens (tertiary/aromatic N) is 2. The van der Waals surface area contributed by atoms with Gasteiger partial charge in [-0.15, -0.1) is 0 Å². The van der Waals surface area contributed by atoms with E-state index in [-0.39, 0.29) is 23.0 Å². The van der Waals surface area contributed by atoms with Crippen LogP contribution in [0.5, 0.6) is 0 Å². The Bertz CT molecular complexity index is 3890. The summed E-state index contributed by atoms with van der Waals surface area (Å²) in [6, 6.07) is 76.8. The van der Waals surface area contributed by atoms with E-state index in [1.807, 2.05) is 0 Å². The van der Waals surface area contributed by atoms with Crippen molar-refractivity contribution in [3.8, 4) is 33.4 Å². The molecule has 0 unspecified atom stereocenters. The molecule has 0 saturated carbocycles. The lowest BCUT2D eigenvalue weighted by molar-refractivity contribution is 0.473. The molecule has 418 valence electrons. The van der Waals surface area contributed by atoms with Crippen molar-refractivity contribution in [1.29, 1.82) is 0 Å². The smallest absolute Gasteiger partial charge is 0.242 e. The molecule has 0 fully saturated rings. The highest BCUT2D eigenvalue weighted by Crippen LogP contribution is 2.71. The summed E-state index contributed by atoms with van der Waals surface area (Å²) in [5.74, 6) is 0. The van der Waals surface area contributed by atoms with Gasteiger partial charge in [-0.1, -0.05) is 219 Å². The highest BCUT2D eigenvalue weighted by atomic mass is 15.1. The van der Waals surface area contributed by atoms with E-state index in [9.17, 15) is 0 Å². The molecule has 0 aromatic heterocycles. The fourth-order valence-corrected chi connectivity index (χ4v) is 17.3. The molecule has 10 aromatic rings. The van der Waals surface area contributed by atoms with Crippen LogP contribution in [0.4, 0.5) is 34.1 Å². The first kappa shape index (κ1) is 55.1. The maximum Gasteiger partial charge on any atom is 0.242 e. The summed E-state index contributed by atoms with van der Waals surface area (Å²) < 4.78 is 0. The lowest BCUT2D eigenvalue weighted by Crippen LogP contribution is -2.56. The van der Waals surface area contributed by atoms with Gasteiger partial charge in [0.25, 0.3) is 0 Å². The normalized spacial score (nSPS) is 14.3. The average Bonchev–Trinajstić information content (AvgIpc) is 1.52. The van der Waals surface area contributed by atoms with Gasteiger partial charge in [-0.25, -0.2) is 0 Å². The van der Waals surface area contributed by atoms with Gasteiger partial charge in [0.15, 0.2) is 0 Å². The minimum absolute atomic E-state index is 0.0671. The van der Waals surface area contributed by atoms with Gasteiger partial charge >= 0.3 is 0 Å². The van der Waals surface area contributed by atoms with E-state index in [1.54, 1.807) is 16.7 Å².